The molecule has 122 valence electrons. The molecular formula is C17H22N4OS. The fraction of sp³-hybridized carbons (Fsp3) is 0.588. The smallest absolute Gasteiger partial charge is 0.226 e. The lowest BCUT2D eigenvalue weighted by atomic mass is 9.98. The van der Waals surface area contributed by atoms with Gasteiger partial charge in [0.2, 0.25) is 5.91 Å². The first-order chi connectivity index (χ1) is 11.1. The van der Waals surface area contributed by atoms with Crippen molar-refractivity contribution in [1.82, 2.24) is 19.7 Å². The Hall–Kier alpha value is -1.69. The topological polar surface area (TPSA) is 51.0 Å². The minimum absolute atomic E-state index is 0.163. The molecule has 4 rings (SSSR count). The number of nitrogens with zero attached hydrogens (tertiary/aromatic N) is 4. The van der Waals surface area contributed by atoms with E-state index in [4.69, 9.17) is 0 Å². The van der Waals surface area contributed by atoms with E-state index in [2.05, 4.69) is 20.4 Å². The molecule has 23 heavy (non-hydrogen) atoms. The zero-order valence-electron chi connectivity index (χ0n) is 13.6. The number of hydrogen-bond donors (Lipinski definition) is 0. The summed E-state index contributed by atoms with van der Waals surface area (Å²) in [6, 6.07) is 0. The van der Waals surface area contributed by atoms with Gasteiger partial charge in [-0.3, -0.25) is 9.48 Å². The van der Waals surface area contributed by atoms with Gasteiger partial charge in [0.15, 0.2) is 0 Å². The van der Waals surface area contributed by atoms with Crippen LogP contribution in [-0.2, 0) is 11.8 Å². The van der Waals surface area contributed by atoms with Gasteiger partial charge in [-0.05, 0) is 37.7 Å². The highest BCUT2D eigenvalue weighted by Crippen LogP contribution is 2.48. The van der Waals surface area contributed by atoms with E-state index in [1.807, 2.05) is 31.0 Å². The molecule has 0 unspecified atom stereocenters. The van der Waals surface area contributed by atoms with E-state index in [0.29, 0.717) is 17.7 Å². The summed E-state index contributed by atoms with van der Waals surface area (Å²) in [6.07, 6.45) is 7.14. The first kappa shape index (κ1) is 14.9. The van der Waals surface area contributed by atoms with E-state index < -0.39 is 0 Å². The lowest BCUT2D eigenvalue weighted by molar-refractivity contribution is -0.133. The van der Waals surface area contributed by atoms with Gasteiger partial charge in [-0.25, -0.2) is 4.98 Å². The van der Waals surface area contributed by atoms with E-state index in [-0.39, 0.29) is 5.92 Å². The lowest BCUT2D eigenvalue weighted by Crippen LogP contribution is -2.40. The molecule has 1 aliphatic heterocycles. The highest BCUT2D eigenvalue weighted by molar-refractivity contribution is 7.09. The summed E-state index contributed by atoms with van der Waals surface area (Å²) < 4.78 is 1.82. The quantitative estimate of drug-likeness (QED) is 0.869. The second-order valence-corrected chi connectivity index (χ2v) is 7.74. The molecule has 1 saturated carbocycles. The Bertz CT molecular complexity index is 722. The summed E-state index contributed by atoms with van der Waals surface area (Å²) in [4.78, 5) is 19.5. The predicted octanol–water partition coefficient (Wildman–Crippen LogP) is 2.69. The van der Waals surface area contributed by atoms with Crippen molar-refractivity contribution in [2.75, 3.05) is 13.1 Å². The Morgan fingerprint density at radius 2 is 2.30 bits per heavy atom. The van der Waals surface area contributed by atoms with Crippen LogP contribution in [0.5, 0.6) is 0 Å². The summed E-state index contributed by atoms with van der Waals surface area (Å²) in [6.45, 7) is 3.77. The molecule has 2 fully saturated rings. The van der Waals surface area contributed by atoms with Crippen LogP contribution in [0.3, 0.4) is 0 Å². The van der Waals surface area contributed by atoms with Gasteiger partial charge in [0, 0.05) is 49.2 Å². The van der Waals surface area contributed by atoms with Gasteiger partial charge in [0.1, 0.15) is 0 Å². The molecule has 1 saturated heterocycles. The van der Waals surface area contributed by atoms with Crippen molar-refractivity contribution in [2.24, 2.45) is 13.0 Å². The highest BCUT2D eigenvalue weighted by Gasteiger charge is 2.47. The van der Waals surface area contributed by atoms with Crippen LogP contribution < -0.4 is 0 Å². The molecule has 0 spiro atoms. The molecule has 1 amide bonds. The zero-order valence-corrected chi connectivity index (χ0v) is 14.4. The first-order valence-electron chi connectivity index (χ1n) is 8.31. The second-order valence-electron chi connectivity index (χ2n) is 6.85. The Balaban J connectivity index is 1.41. The number of piperidine rings is 1. The van der Waals surface area contributed by atoms with Crippen LogP contribution in [0.1, 0.15) is 47.4 Å². The van der Waals surface area contributed by atoms with Crippen LogP contribution in [0.4, 0.5) is 0 Å². The molecule has 3 atom stereocenters. The Kier molecular flexibility index (Phi) is 3.71. The second kappa shape index (κ2) is 5.74. The molecule has 0 bridgehead atoms. The monoisotopic (exact) mass is 330 g/mol. The summed E-state index contributed by atoms with van der Waals surface area (Å²) in [5.74, 6) is 1.29. The fourth-order valence-electron chi connectivity index (χ4n) is 3.64. The highest BCUT2D eigenvalue weighted by atomic mass is 32.1. The molecule has 3 heterocycles. The van der Waals surface area contributed by atoms with Crippen molar-refractivity contribution in [3.8, 4) is 0 Å². The SMILES string of the molecule is Cc1csc([C@@H]2CCCN(C(=O)[C@@H]3C[C@@H]3c3cnn(C)c3)C2)n1. The van der Waals surface area contributed by atoms with Crippen LogP contribution >= 0.6 is 11.3 Å². The molecule has 2 aliphatic rings. The van der Waals surface area contributed by atoms with Gasteiger partial charge in [-0.1, -0.05) is 0 Å². The number of amides is 1. The largest absolute Gasteiger partial charge is 0.342 e. The van der Waals surface area contributed by atoms with Gasteiger partial charge in [0.25, 0.3) is 0 Å². The van der Waals surface area contributed by atoms with Crippen molar-refractivity contribution in [3.05, 3.63) is 34.0 Å². The molecule has 6 heteroatoms. The molecular weight excluding hydrogens is 308 g/mol. The maximum absolute atomic E-state index is 12.8. The average molecular weight is 330 g/mol. The number of aryl methyl sites for hydroxylation is 2. The van der Waals surface area contributed by atoms with E-state index in [1.54, 1.807) is 11.3 Å². The van der Waals surface area contributed by atoms with Crippen molar-refractivity contribution < 1.29 is 4.79 Å². The minimum Gasteiger partial charge on any atom is -0.342 e. The van der Waals surface area contributed by atoms with Gasteiger partial charge in [0.05, 0.1) is 11.2 Å². The Morgan fingerprint density at radius 1 is 1.43 bits per heavy atom. The maximum Gasteiger partial charge on any atom is 0.226 e. The van der Waals surface area contributed by atoms with Crippen molar-refractivity contribution in [2.45, 2.75) is 38.0 Å². The van der Waals surface area contributed by atoms with E-state index in [9.17, 15) is 4.79 Å². The average Bonchev–Trinajstić information content (AvgIpc) is 3.04. The summed E-state index contributed by atoms with van der Waals surface area (Å²) in [5, 5.41) is 7.52. The van der Waals surface area contributed by atoms with Crippen LogP contribution in [0.2, 0.25) is 0 Å². The molecule has 5 nitrogen and oxygen atoms in total. The lowest BCUT2D eigenvalue weighted by Gasteiger charge is -2.32. The third kappa shape index (κ3) is 2.92. The van der Waals surface area contributed by atoms with Crippen LogP contribution in [0.15, 0.2) is 17.8 Å². The normalized spacial score (nSPS) is 27.2. The molecule has 2 aromatic rings. The molecule has 2 aromatic heterocycles. The van der Waals surface area contributed by atoms with Crippen molar-refractivity contribution in [1.29, 1.82) is 0 Å². The van der Waals surface area contributed by atoms with Crippen molar-refractivity contribution in [3.63, 3.8) is 0 Å². The number of aromatic nitrogens is 3. The number of carbonyl (C=O) groups is 1. The standard InChI is InChI=1S/C17H22N4OS/c1-11-10-23-16(19-11)12-4-3-5-21(9-12)17(22)15-6-14(15)13-7-18-20(2)8-13/h7-8,10,12,14-15H,3-6,9H2,1-2H3/t12-,14-,15-/m1/s1. The van der Waals surface area contributed by atoms with Gasteiger partial charge in [-0.15, -0.1) is 11.3 Å². The molecule has 0 N–H and O–H groups in total. The fourth-order valence-corrected chi connectivity index (χ4v) is 4.57. The van der Waals surface area contributed by atoms with Crippen LogP contribution in [-0.4, -0.2) is 38.7 Å². The third-order valence-electron chi connectivity index (χ3n) is 4.98. The molecule has 0 aromatic carbocycles. The predicted molar refractivity (Wildman–Crippen MR) is 89.5 cm³/mol. The number of hydrogen-bond acceptors (Lipinski definition) is 4. The number of thiazole rings is 1. The zero-order chi connectivity index (χ0) is 16.0. The summed E-state index contributed by atoms with van der Waals surface area (Å²) >= 11 is 1.73. The van der Waals surface area contributed by atoms with Gasteiger partial charge in [-0.2, -0.15) is 5.10 Å². The Morgan fingerprint density at radius 3 is 3.00 bits per heavy atom. The first-order valence-corrected chi connectivity index (χ1v) is 9.19. The van der Waals surface area contributed by atoms with E-state index in [1.165, 1.54) is 10.6 Å². The Labute approximate surface area is 140 Å². The van der Waals surface area contributed by atoms with Crippen LogP contribution in [0, 0.1) is 12.8 Å². The van der Waals surface area contributed by atoms with Gasteiger partial charge < -0.3 is 4.90 Å². The van der Waals surface area contributed by atoms with Crippen molar-refractivity contribution >= 4 is 17.2 Å². The van der Waals surface area contributed by atoms with Crippen LogP contribution in [0.25, 0.3) is 0 Å². The van der Waals surface area contributed by atoms with E-state index in [0.717, 1.165) is 38.0 Å². The third-order valence-corrected chi connectivity index (χ3v) is 6.10. The molecule has 0 radical (unpaired) electrons. The number of carbonyl (C=O) groups excluding carboxylic acids is 1. The van der Waals surface area contributed by atoms with Gasteiger partial charge >= 0.3 is 0 Å². The minimum atomic E-state index is 0.163. The molecule has 1 aliphatic carbocycles. The maximum atomic E-state index is 12.8. The number of likely N-dealkylation sites (tertiary alicyclic amines) is 1. The van der Waals surface area contributed by atoms with E-state index >= 15 is 0 Å². The summed E-state index contributed by atoms with van der Waals surface area (Å²) in [5.41, 5.74) is 2.29. The summed E-state index contributed by atoms with van der Waals surface area (Å²) in [7, 11) is 1.92. The number of rotatable bonds is 3.